The van der Waals surface area contributed by atoms with Crippen LogP contribution < -0.4 is 8.92 Å². The minimum absolute atomic E-state index is 0.197. The first-order valence-corrected chi connectivity index (χ1v) is 16.1. The summed E-state index contributed by atoms with van der Waals surface area (Å²) < 4.78 is 6.19. The molecule has 180 valence electrons. The third-order valence-electron chi connectivity index (χ3n) is 7.13. The Morgan fingerprint density at radius 2 is 0.865 bits per heavy atom. The summed E-state index contributed by atoms with van der Waals surface area (Å²) in [7, 11) is 0. The molecule has 1 aliphatic carbocycles. The Morgan fingerprint density at radius 3 is 1.35 bits per heavy atom. The second-order valence-corrected chi connectivity index (χ2v) is 14.0. The number of rotatable bonds is 7. The minimum atomic E-state index is -0.203. The molecule has 37 heavy (non-hydrogen) atoms. The van der Waals surface area contributed by atoms with Crippen molar-refractivity contribution in [3.8, 4) is 0 Å². The molecule has 0 nitrogen and oxygen atoms in total. The fourth-order valence-corrected chi connectivity index (χ4v) is 11.4. The van der Waals surface area contributed by atoms with Gasteiger partial charge in [0.1, 0.15) is 0 Å². The Balaban J connectivity index is 1.65. The van der Waals surface area contributed by atoms with Crippen LogP contribution in [0, 0.1) is 0 Å². The van der Waals surface area contributed by atoms with Crippen molar-refractivity contribution in [3.63, 3.8) is 0 Å². The fraction of sp³-hybridized carbons (Fsp3) is 0.0857. The topological polar surface area (TPSA) is 0 Å². The molecule has 0 aliphatic heterocycles. The van der Waals surface area contributed by atoms with Crippen LogP contribution in [0.5, 0.6) is 0 Å². The van der Waals surface area contributed by atoms with Crippen molar-refractivity contribution in [3.05, 3.63) is 177 Å². The molecule has 6 rings (SSSR count). The molecule has 0 spiro atoms. The second-order valence-electron chi connectivity index (χ2n) is 9.29. The average Bonchev–Trinajstić information content (AvgIpc) is 3.29. The molecule has 0 aromatic heterocycles. The molecule has 1 atom stereocenters. The molecule has 0 saturated carbocycles. The molecule has 5 aromatic rings. The SMILES string of the molecule is c1ccc([Se]C2=C([Se]c3ccccc3)C(c3ccccc3)(c3ccccc3)C(c3ccccc3)C2)cc1. The molecule has 5 aromatic carbocycles. The van der Waals surface area contributed by atoms with Crippen molar-refractivity contribution >= 4 is 38.8 Å². The number of benzene rings is 5. The van der Waals surface area contributed by atoms with Crippen LogP contribution in [-0.2, 0) is 5.41 Å². The Morgan fingerprint density at radius 1 is 0.459 bits per heavy atom. The van der Waals surface area contributed by atoms with Crippen LogP contribution in [0.1, 0.15) is 29.0 Å². The van der Waals surface area contributed by atoms with Crippen LogP contribution in [0.2, 0.25) is 0 Å². The van der Waals surface area contributed by atoms with Crippen LogP contribution in [0.15, 0.2) is 161 Å². The van der Waals surface area contributed by atoms with E-state index in [0.717, 1.165) is 6.42 Å². The maximum absolute atomic E-state index is 2.36. The first-order valence-electron chi connectivity index (χ1n) is 12.7. The quantitative estimate of drug-likeness (QED) is 0.188. The molecular weight excluding hydrogens is 578 g/mol. The van der Waals surface area contributed by atoms with Crippen LogP contribution >= 0.6 is 0 Å². The van der Waals surface area contributed by atoms with E-state index in [1.165, 1.54) is 25.6 Å². The summed E-state index contributed by atoms with van der Waals surface area (Å²) in [4.78, 5) is 0. The van der Waals surface area contributed by atoms with Crippen molar-refractivity contribution in [2.45, 2.75) is 17.8 Å². The summed E-state index contributed by atoms with van der Waals surface area (Å²) in [5.41, 5.74) is 4.03. The van der Waals surface area contributed by atoms with Crippen molar-refractivity contribution in [2.75, 3.05) is 0 Å². The molecule has 0 amide bonds. The molecule has 0 fully saturated rings. The van der Waals surface area contributed by atoms with Crippen molar-refractivity contribution in [2.24, 2.45) is 0 Å². The first kappa shape index (κ1) is 24.2. The first-order chi connectivity index (χ1) is 18.4. The van der Waals surface area contributed by atoms with Gasteiger partial charge in [-0.2, -0.15) is 0 Å². The predicted molar refractivity (Wildman–Crippen MR) is 158 cm³/mol. The van der Waals surface area contributed by atoms with Gasteiger partial charge < -0.3 is 0 Å². The second kappa shape index (κ2) is 11.1. The summed E-state index contributed by atoms with van der Waals surface area (Å²) in [5.74, 6) is 0.347. The summed E-state index contributed by atoms with van der Waals surface area (Å²) in [6.07, 6.45) is 1.09. The number of allylic oxidation sites excluding steroid dienone is 2. The molecular formula is C35H28Se2. The third kappa shape index (κ3) is 4.79. The van der Waals surface area contributed by atoms with E-state index in [9.17, 15) is 0 Å². The summed E-state index contributed by atoms with van der Waals surface area (Å²) >= 11 is 0.466. The van der Waals surface area contributed by atoms with Gasteiger partial charge in [-0.05, 0) is 0 Å². The van der Waals surface area contributed by atoms with E-state index < -0.39 is 0 Å². The molecule has 0 heterocycles. The van der Waals surface area contributed by atoms with Gasteiger partial charge in [-0.15, -0.1) is 0 Å². The van der Waals surface area contributed by atoms with Crippen LogP contribution in [-0.4, -0.2) is 29.9 Å². The van der Waals surface area contributed by atoms with Crippen molar-refractivity contribution in [1.29, 1.82) is 0 Å². The zero-order valence-electron chi connectivity index (χ0n) is 20.5. The van der Waals surface area contributed by atoms with Gasteiger partial charge in [-0.3, -0.25) is 0 Å². The summed E-state index contributed by atoms with van der Waals surface area (Å²) in [6.45, 7) is 0. The zero-order chi connectivity index (χ0) is 24.9. The molecule has 0 N–H and O–H groups in total. The van der Waals surface area contributed by atoms with Crippen LogP contribution in [0.25, 0.3) is 0 Å². The van der Waals surface area contributed by atoms with E-state index in [-0.39, 0.29) is 35.3 Å². The van der Waals surface area contributed by atoms with Gasteiger partial charge in [0.25, 0.3) is 0 Å². The standard InChI is InChI=1S/C35H28Se2/c1-6-16-27(17-7-1)32-26-33(36-30-22-12-4-13-23-30)34(37-31-24-14-5-15-25-31)35(32,28-18-8-2-9-19-28)29-20-10-3-11-21-29/h1-25,32H,26H2. The van der Waals surface area contributed by atoms with Gasteiger partial charge in [0.15, 0.2) is 0 Å². The Hall–Kier alpha value is -3.12. The van der Waals surface area contributed by atoms with Gasteiger partial charge >= 0.3 is 234 Å². The predicted octanol–water partition coefficient (Wildman–Crippen LogP) is 6.43. The van der Waals surface area contributed by atoms with E-state index in [0.29, 0.717) is 5.92 Å². The molecule has 1 unspecified atom stereocenters. The molecule has 0 radical (unpaired) electrons. The van der Waals surface area contributed by atoms with E-state index in [1.54, 1.807) is 8.94 Å². The Labute approximate surface area is 232 Å². The fourth-order valence-electron chi connectivity index (χ4n) is 5.56. The monoisotopic (exact) mass is 608 g/mol. The normalized spacial score (nSPS) is 16.6. The zero-order valence-corrected chi connectivity index (χ0v) is 24.0. The van der Waals surface area contributed by atoms with E-state index in [4.69, 9.17) is 0 Å². The maximum atomic E-state index is 2.36. The average molecular weight is 607 g/mol. The van der Waals surface area contributed by atoms with Gasteiger partial charge in [0, 0.05) is 0 Å². The molecule has 0 bridgehead atoms. The van der Waals surface area contributed by atoms with E-state index >= 15 is 0 Å². The van der Waals surface area contributed by atoms with Crippen molar-refractivity contribution < 1.29 is 0 Å². The summed E-state index contributed by atoms with van der Waals surface area (Å²) in [5, 5.41) is 0. The number of hydrogen-bond acceptors (Lipinski definition) is 0. The molecule has 1 aliphatic rings. The molecule has 0 saturated heterocycles. The Bertz CT molecular complexity index is 1420. The van der Waals surface area contributed by atoms with Crippen LogP contribution in [0.3, 0.4) is 0 Å². The van der Waals surface area contributed by atoms with Gasteiger partial charge in [-0.1, -0.05) is 0 Å². The van der Waals surface area contributed by atoms with E-state index in [1.807, 2.05) is 0 Å². The van der Waals surface area contributed by atoms with Gasteiger partial charge in [0.05, 0.1) is 0 Å². The van der Waals surface area contributed by atoms with Gasteiger partial charge in [-0.25, -0.2) is 0 Å². The Kier molecular flexibility index (Phi) is 7.27. The summed E-state index contributed by atoms with van der Waals surface area (Å²) in [6, 6.07) is 56.1. The van der Waals surface area contributed by atoms with Crippen LogP contribution in [0.4, 0.5) is 0 Å². The number of hydrogen-bond donors (Lipinski definition) is 0. The molecule has 2 heteroatoms. The third-order valence-corrected chi connectivity index (χ3v) is 12.8. The van der Waals surface area contributed by atoms with E-state index in [2.05, 4.69) is 152 Å². The van der Waals surface area contributed by atoms with Gasteiger partial charge in [0.2, 0.25) is 0 Å². The van der Waals surface area contributed by atoms with Crippen molar-refractivity contribution in [1.82, 2.24) is 0 Å².